The molecule has 2 N–H and O–H groups in total. The first kappa shape index (κ1) is 14.8. The largest absolute Gasteiger partial charge is 0.348 e. The molecule has 0 spiro atoms. The van der Waals surface area contributed by atoms with Gasteiger partial charge in [0.1, 0.15) is 5.82 Å². The van der Waals surface area contributed by atoms with Gasteiger partial charge in [0.2, 0.25) is 0 Å². The van der Waals surface area contributed by atoms with Crippen molar-refractivity contribution in [1.82, 2.24) is 20.2 Å². The Hall–Kier alpha value is -2.10. The summed E-state index contributed by atoms with van der Waals surface area (Å²) in [7, 11) is 0. The van der Waals surface area contributed by atoms with Gasteiger partial charge in [0.05, 0.1) is 16.9 Å². The summed E-state index contributed by atoms with van der Waals surface area (Å²) in [5.74, 6) is 1.03. The number of benzene rings is 1. The van der Waals surface area contributed by atoms with Crippen LogP contribution >= 0.6 is 0 Å². The zero-order valence-corrected chi connectivity index (χ0v) is 14.0. The van der Waals surface area contributed by atoms with Crippen LogP contribution in [0.5, 0.6) is 0 Å². The quantitative estimate of drug-likeness (QED) is 0.764. The number of fused-ring (bicyclic) bond motifs is 1. The summed E-state index contributed by atoms with van der Waals surface area (Å²) in [5.41, 5.74) is 3.24. The van der Waals surface area contributed by atoms with Gasteiger partial charge in [-0.05, 0) is 6.07 Å². The lowest BCUT2D eigenvalue weighted by molar-refractivity contribution is 0.498. The van der Waals surface area contributed by atoms with Crippen LogP contribution in [-0.4, -0.2) is 20.2 Å². The van der Waals surface area contributed by atoms with E-state index in [0.717, 1.165) is 29.1 Å². The first-order valence-corrected chi connectivity index (χ1v) is 7.76. The predicted molar refractivity (Wildman–Crippen MR) is 90.1 cm³/mol. The molecule has 4 heteroatoms. The molecule has 0 saturated heterocycles. The van der Waals surface area contributed by atoms with Crippen LogP contribution < -0.4 is 0 Å². The predicted octanol–water partition coefficient (Wildman–Crippen LogP) is 4.10. The summed E-state index contributed by atoms with van der Waals surface area (Å²) >= 11 is 0. The zero-order chi connectivity index (χ0) is 16.0. The first-order chi connectivity index (χ1) is 10.3. The fourth-order valence-electron chi connectivity index (χ4n) is 2.85. The summed E-state index contributed by atoms with van der Waals surface area (Å²) in [4.78, 5) is 8.07. The van der Waals surface area contributed by atoms with Gasteiger partial charge < -0.3 is 4.98 Å². The lowest BCUT2D eigenvalue weighted by Gasteiger charge is -2.22. The number of rotatable bonds is 3. The molecule has 3 aromatic rings. The van der Waals surface area contributed by atoms with Gasteiger partial charge in [-0.2, -0.15) is 5.10 Å². The van der Waals surface area contributed by atoms with Crippen LogP contribution in [0.2, 0.25) is 0 Å². The van der Waals surface area contributed by atoms with Crippen LogP contribution in [0.15, 0.2) is 30.5 Å². The molecule has 0 amide bonds. The molecule has 2 aromatic heterocycles. The topological polar surface area (TPSA) is 57.4 Å². The van der Waals surface area contributed by atoms with Crippen molar-refractivity contribution in [2.24, 2.45) is 0 Å². The summed E-state index contributed by atoms with van der Waals surface area (Å²) in [5, 5.41) is 8.88. The van der Waals surface area contributed by atoms with Crippen LogP contribution in [0.3, 0.4) is 0 Å². The third-order valence-corrected chi connectivity index (χ3v) is 4.08. The van der Waals surface area contributed by atoms with Gasteiger partial charge in [-0.15, -0.1) is 0 Å². The van der Waals surface area contributed by atoms with Gasteiger partial charge in [-0.1, -0.05) is 52.8 Å². The van der Waals surface area contributed by atoms with E-state index in [0.29, 0.717) is 0 Å². The van der Waals surface area contributed by atoms with Crippen LogP contribution in [0.4, 0.5) is 0 Å². The SMILES string of the molecule is CC(C)(C)c1nc(CC(C)(C)c2n[nH]c3ccccc23)c[nH]1. The number of nitrogens with zero attached hydrogens (tertiary/aromatic N) is 2. The molecule has 0 radical (unpaired) electrons. The molecule has 0 fully saturated rings. The number of aromatic amines is 2. The maximum absolute atomic E-state index is 4.76. The molecular formula is C18H24N4. The molecule has 0 unspecified atom stereocenters. The minimum atomic E-state index is -0.0794. The number of aromatic nitrogens is 4. The number of nitrogens with one attached hydrogen (secondary N) is 2. The van der Waals surface area contributed by atoms with E-state index < -0.39 is 0 Å². The van der Waals surface area contributed by atoms with Gasteiger partial charge in [0.15, 0.2) is 0 Å². The molecule has 0 aliphatic rings. The Morgan fingerprint density at radius 3 is 2.45 bits per heavy atom. The van der Waals surface area contributed by atoms with Crippen molar-refractivity contribution in [3.05, 3.63) is 47.7 Å². The van der Waals surface area contributed by atoms with E-state index in [2.05, 4.69) is 68.0 Å². The second-order valence-corrected chi connectivity index (χ2v) is 7.67. The monoisotopic (exact) mass is 296 g/mol. The molecule has 2 heterocycles. The lowest BCUT2D eigenvalue weighted by atomic mass is 9.83. The summed E-state index contributed by atoms with van der Waals surface area (Å²) in [6.45, 7) is 11.0. The molecule has 3 rings (SSSR count). The van der Waals surface area contributed by atoms with Crippen molar-refractivity contribution in [1.29, 1.82) is 0 Å². The van der Waals surface area contributed by atoms with Crippen molar-refractivity contribution in [2.45, 2.75) is 51.9 Å². The molecule has 0 saturated carbocycles. The fourth-order valence-corrected chi connectivity index (χ4v) is 2.85. The van der Waals surface area contributed by atoms with Gasteiger partial charge in [0, 0.05) is 28.8 Å². The Balaban J connectivity index is 1.92. The van der Waals surface area contributed by atoms with E-state index in [-0.39, 0.29) is 10.8 Å². The van der Waals surface area contributed by atoms with E-state index in [1.165, 1.54) is 5.39 Å². The molecule has 0 atom stereocenters. The average Bonchev–Trinajstić information content (AvgIpc) is 3.03. The van der Waals surface area contributed by atoms with E-state index in [1.54, 1.807) is 0 Å². The zero-order valence-electron chi connectivity index (χ0n) is 14.0. The highest BCUT2D eigenvalue weighted by Crippen LogP contribution is 2.31. The third kappa shape index (κ3) is 2.65. The highest BCUT2D eigenvalue weighted by atomic mass is 15.1. The molecule has 0 aliphatic carbocycles. The van der Waals surface area contributed by atoms with Crippen molar-refractivity contribution in [3.63, 3.8) is 0 Å². The minimum Gasteiger partial charge on any atom is -0.348 e. The molecule has 116 valence electrons. The second-order valence-electron chi connectivity index (χ2n) is 7.67. The Morgan fingerprint density at radius 2 is 1.77 bits per heavy atom. The average molecular weight is 296 g/mol. The smallest absolute Gasteiger partial charge is 0.111 e. The third-order valence-electron chi connectivity index (χ3n) is 4.08. The molecular weight excluding hydrogens is 272 g/mol. The highest BCUT2D eigenvalue weighted by molar-refractivity contribution is 5.82. The van der Waals surface area contributed by atoms with Crippen LogP contribution in [0.25, 0.3) is 10.9 Å². The molecule has 0 aliphatic heterocycles. The van der Waals surface area contributed by atoms with Crippen molar-refractivity contribution >= 4 is 10.9 Å². The minimum absolute atomic E-state index is 0.0431. The number of hydrogen-bond acceptors (Lipinski definition) is 2. The van der Waals surface area contributed by atoms with Crippen LogP contribution in [0.1, 0.15) is 51.8 Å². The number of hydrogen-bond donors (Lipinski definition) is 2. The molecule has 1 aromatic carbocycles. The van der Waals surface area contributed by atoms with Crippen molar-refractivity contribution in [3.8, 4) is 0 Å². The van der Waals surface area contributed by atoms with E-state index in [9.17, 15) is 0 Å². The number of imidazole rings is 1. The van der Waals surface area contributed by atoms with Crippen LogP contribution in [0, 0.1) is 0 Å². The first-order valence-electron chi connectivity index (χ1n) is 7.76. The Labute approximate surface area is 131 Å². The number of H-pyrrole nitrogens is 2. The number of para-hydroxylation sites is 1. The Kier molecular flexibility index (Phi) is 3.35. The summed E-state index contributed by atoms with van der Waals surface area (Å²) < 4.78 is 0. The van der Waals surface area contributed by atoms with Gasteiger partial charge >= 0.3 is 0 Å². The summed E-state index contributed by atoms with van der Waals surface area (Å²) in [6, 6.07) is 8.28. The maximum Gasteiger partial charge on any atom is 0.111 e. The summed E-state index contributed by atoms with van der Waals surface area (Å²) in [6.07, 6.45) is 2.88. The van der Waals surface area contributed by atoms with E-state index in [4.69, 9.17) is 4.98 Å². The molecule has 22 heavy (non-hydrogen) atoms. The maximum atomic E-state index is 4.76. The van der Waals surface area contributed by atoms with Crippen LogP contribution in [-0.2, 0) is 17.3 Å². The van der Waals surface area contributed by atoms with Crippen molar-refractivity contribution in [2.75, 3.05) is 0 Å². The van der Waals surface area contributed by atoms with Gasteiger partial charge in [0.25, 0.3) is 0 Å². The highest BCUT2D eigenvalue weighted by Gasteiger charge is 2.28. The van der Waals surface area contributed by atoms with E-state index >= 15 is 0 Å². The second kappa shape index (κ2) is 4.97. The standard InChI is InChI=1S/C18H24N4/c1-17(2,3)16-19-11-12(20-16)10-18(4,5)15-13-8-6-7-9-14(13)21-22-15/h6-9,11H,10H2,1-5H3,(H,19,20)(H,21,22). The Morgan fingerprint density at radius 1 is 1.05 bits per heavy atom. The van der Waals surface area contributed by atoms with Gasteiger partial charge in [-0.3, -0.25) is 5.10 Å². The lowest BCUT2D eigenvalue weighted by Crippen LogP contribution is -2.22. The fraction of sp³-hybridized carbons (Fsp3) is 0.444. The molecule has 4 nitrogen and oxygen atoms in total. The normalized spacial score (nSPS) is 13.0. The van der Waals surface area contributed by atoms with Crippen molar-refractivity contribution < 1.29 is 0 Å². The van der Waals surface area contributed by atoms with Gasteiger partial charge in [-0.25, -0.2) is 4.98 Å². The molecule has 0 bridgehead atoms. The Bertz CT molecular complexity index is 787. The van der Waals surface area contributed by atoms with E-state index in [1.807, 2.05) is 12.3 Å².